The Bertz CT molecular complexity index is 953. The second-order valence-electron chi connectivity index (χ2n) is 7.57. The Kier molecular flexibility index (Phi) is 5.38. The van der Waals surface area contributed by atoms with Crippen molar-refractivity contribution < 1.29 is 9.32 Å². The van der Waals surface area contributed by atoms with Crippen molar-refractivity contribution >= 4 is 17.5 Å². The maximum absolute atomic E-state index is 12.8. The molecule has 0 aliphatic carbocycles. The third-order valence-electron chi connectivity index (χ3n) is 4.50. The van der Waals surface area contributed by atoms with Gasteiger partial charge in [-0.05, 0) is 29.5 Å². The van der Waals surface area contributed by atoms with E-state index in [1.54, 1.807) is 13.0 Å². The number of nitrogens with one attached hydrogen (secondary N) is 1. The van der Waals surface area contributed by atoms with E-state index < -0.39 is 0 Å². The molecule has 5 heteroatoms. The zero-order valence-electron chi connectivity index (χ0n) is 16.0. The van der Waals surface area contributed by atoms with Gasteiger partial charge in [-0.1, -0.05) is 80.0 Å². The molecule has 4 nitrogen and oxygen atoms in total. The van der Waals surface area contributed by atoms with E-state index in [1.807, 2.05) is 30.3 Å². The molecule has 0 unspecified atom stereocenters. The first-order valence-electron chi connectivity index (χ1n) is 8.86. The monoisotopic (exact) mass is 382 g/mol. The zero-order valence-corrected chi connectivity index (χ0v) is 16.7. The number of aryl methyl sites for hydroxylation is 1. The molecule has 3 rings (SSSR count). The fourth-order valence-corrected chi connectivity index (χ4v) is 3.06. The molecule has 0 fully saturated rings. The molecule has 1 aromatic heterocycles. The van der Waals surface area contributed by atoms with Crippen LogP contribution in [0.2, 0.25) is 5.02 Å². The van der Waals surface area contributed by atoms with Gasteiger partial charge in [0.05, 0.1) is 5.69 Å². The summed E-state index contributed by atoms with van der Waals surface area (Å²) in [7, 11) is 0. The number of nitrogens with zero attached hydrogens (tertiary/aromatic N) is 1. The minimum Gasteiger partial charge on any atom is -0.355 e. The largest absolute Gasteiger partial charge is 0.355 e. The van der Waals surface area contributed by atoms with Gasteiger partial charge in [-0.25, -0.2) is 0 Å². The van der Waals surface area contributed by atoms with E-state index in [9.17, 15) is 4.79 Å². The van der Waals surface area contributed by atoms with Crippen LogP contribution in [-0.4, -0.2) is 11.1 Å². The van der Waals surface area contributed by atoms with Gasteiger partial charge in [-0.2, -0.15) is 0 Å². The SMILES string of the molecule is Cc1noc(-c2ccc(C(C)(C)C)cc2)c1C(=O)NCc1ccccc1Cl. The number of halogens is 1. The first-order chi connectivity index (χ1) is 12.8. The maximum Gasteiger partial charge on any atom is 0.257 e. The van der Waals surface area contributed by atoms with Gasteiger partial charge < -0.3 is 9.84 Å². The van der Waals surface area contributed by atoms with Crippen LogP contribution in [0, 0.1) is 6.92 Å². The Morgan fingerprint density at radius 1 is 1.11 bits per heavy atom. The summed E-state index contributed by atoms with van der Waals surface area (Å²) < 4.78 is 5.47. The van der Waals surface area contributed by atoms with Gasteiger partial charge in [0.1, 0.15) is 5.56 Å². The Balaban J connectivity index is 1.84. The summed E-state index contributed by atoms with van der Waals surface area (Å²) in [6.07, 6.45) is 0. The molecule has 0 saturated heterocycles. The van der Waals surface area contributed by atoms with Crippen LogP contribution in [0.4, 0.5) is 0 Å². The number of carbonyl (C=O) groups is 1. The summed E-state index contributed by atoms with van der Waals surface area (Å²) in [6.45, 7) is 8.59. The van der Waals surface area contributed by atoms with Crippen LogP contribution in [0.1, 0.15) is 48.0 Å². The van der Waals surface area contributed by atoms with Crippen molar-refractivity contribution in [3.63, 3.8) is 0 Å². The molecule has 0 saturated carbocycles. The van der Waals surface area contributed by atoms with Crippen LogP contribution in [-0.2, 0) is 12.0 Å². The molecule has 2 aromatic carbocycles. The molecule has 3 aromatic rings. The fourth-order valence-electron chi connectivity index (χ4n) is 2.86. The highest BCUT2D eigenvalue weighted by Crippen LogP contribution is 2.29. The average molecular weight is 383 g/mol. The van der Waals surface area contributed by atoms with Crippen LogP contribution in [0.25, 0.3) is 11.3 Å². The number of rotatable bonds is 4. The van der Waals surface area contributed by atoms with E-state index in [4.69, 9.17) is 16.1 Å². The van der Waals surface area contributed by atoms with Crippen molar-refractivity contribution in [1.82, 2.24) is 10.5 Å². The first-order valence-corrected chi connectivity index (χ1v) is 9.24. The predicted octanol–water partition coefficient (Wildman–Crippen LogP) is 5.53. The minimum absolute atomic E-state index is 0.0605. The number of carbonyl (C=O) groups excluding carboxylic acids is 1. The Labute approximate surface area is 164 Å². The summed E-state index contributed by atoms with van der Waals surface area (Å²) >= 11 is 6.16. The lowest BCUT2D eigenvalue weighted by molar-refractivity contribution is 0.0950. The molecule has 0 spiro atoms. The van der Waals surface area contributed by atoms with Crippen molar-refractivity contribution in [2.45, 2.75) is 39.7 Å². The van der Waals surface area contributed by atoms with Crippen LogP contribution >= 0.6 is 11.6 Å². The van der Waals surface area contributed by atoms with Gasteiger partial charge in [0.2, 0.25) is 0 Å². The lowest BCUT2D eigenvalue weighted by Crippen LogP contribution is -2.23. The van der Waals surface area contributed by atoms with Gasteiger partial charge in [-0.15, -0.1) is 0 Å². The van der Waals surface area contributed by atoms with E-state index >= 15 is 0 Å². The summed E-state index contributed by atoms with van der Waals surface area (Å²) in [5.41, 5.74) is 3.97. The molecule has 0 aliphatic heterocycles. The summed E-state index contributed by atoms with van der Waals surface area (Å²) in [5, 5.41) is 7.52. The minimum atomic E-state index is -0.233. The second-order valence-corrected chi connectivity index (χ2v) is 7.98. The third kappa shape index (κ3) is 4.22. The van der Waals surface area contributed by atoms with Gasteiger partial charge in [0.15, 0.2) is 5.76 Å². The van der Waals surface area contributed by atoms with Crippen molar-refractivity contribution in [3.8, 4) is 11.3 Å². The van der Waals surface area contributed by atoms with Crippen molar-refractivity contribution in [2.75, 3.05) is 0 Å². The Morgan fingerprint density at radius 3 is 2.41 bits per heavy atom. The van der Waals surface area contributed by atoms with Gasteiger partial charge >= 0.3 is 0 Å². The third-order valence-corrected chi connectivity index (χ3v) is 4.87. The van der Waals surface area contributed by atoms with Crippen LogP contribution in [0.5, 0.6) is 0 Å². The summed E-state index contributed by atoms with van der Waals surface area (Å²) in [6, 6.07) is 15.5. The molecule has 0 atom stereocenters. The number of hydrogen-bond acceptors (Lipinski definition) is 3. The molecule has 1 N–H and O–H groups in total. The molecule has 0 aliphatic rings. The van der Waals surface area contributed by atoms with Gasteiger partial charge in [0, 0.05) is 17.1 Å². The number of benzene rings is 2. The quantitative estimate of drug-likeness (QED) is 0.645. The van der Waals surface area contributed by atoms with Crippen LogP contribution in [0.3, 0.4) is 0 Å². The van der Waals surface area contributed by atoms with Crippen molar-refractivity contribution in [3.05, 3.63) is 75.9 Å². The smallest absolute Gasteiger partial charge is 0.257 e. The fraction of sp³-hybridized carbons (Fsp3) is 0.273. The topological polar surface area (TPSA) is 55.1 Å². The number of amides is 1. The highest BCUT2D eigenvalue weighted by molar-refractivity contribution is 6.31. The molecular formula is C22H23ClN2O2. The van der Waals surface area contributed by atoms with Crippen LogP contribution < -0.4 is 5.32 Å². The maximum atomic E-state index is 12.8. The number of aromatic nitrogens is 1. The standard InChI is InChI=1S/C22H23ClN2O2/c1-14-19(21(26)24-13-16-7-5-6-8-18(16)23)20(27-25-14)15-9-11-17(12-10-15)22(2,3)4/h5-12H,13H2,1-4H3,(H,24,26). The van der Waals surface area contributed by atoms with E-state index in [1.165, 1.54) is 5.56 Å². The van der Waals surface area contributed by atoms with E-state index in [0.29, 0.717) is 28.6 Å². The molecule has 0 bridgehead atoms. The highest BCUT2D eigenvalue weighted by atomic mass is 35.5. The molecule has 0 radical (unpaired) electrons. The normalized spacial score (nSPS) is 11.4. The molecule has 1 heterocycles. The first kappa shape index (κ1) is 19.2. The molecular weight excluding hydrogens is 360 g/mol. The zero-order chi connectivity index (χ0) is 19.6. The molecule has 140 valence electrons. The Hall–Kier alpha value is -2.59. The average Bonchev–Trinajstić information content (AvgIpc) is 3.02. The summed E-state index contributed by atoms with van der Waals surface area (Å²) in [4.78, 5) is 12.8. The second kappa shape index (κ2) is 7.57. The number of hydrogen-bond donors (Lipinski definition) is 1. The van der Waals surface area contributed by atoms with Crippen LogP contribution in [0.15, 0.2) is 53.1 Å². The van der Waals surface area contributed by atoms with Gasteiger partial charge in [-0.3, -0.25) is 4.79 Å². The lowest BCUT2D eigenvalue weighted by atomic mass is 9.86. The molecule has 1 amide bonds. The van der Waals surface area contributed by atoms with E-state index in [0.717, 1.165) is 11.1 Å². The van der Waals surface area contributed by atoms with E-state index in [2.05, 4.69) is 43.4 Å². The van der Waals surface area contributed by atoms with E-state index in [-0.39, 0.29) is 11.3 Å². The lowest BCUT2D eigenvalue weighted by Gasteiger charge is -2.18. The molecule has 27 heavy (non-hydrogen) atoms. The van der Waals surface area contributed by atoms with Gasteiger partial charge in [0.25, 0.3) is 5.91 Å². The van der Waals surface area contributed by atoms with Crippen molar-refractivity contribution in [1.29, 1.82) is 0 Å². The Morgan fingerprint density at radius 2 is 1.78 bits per heavy atom. The summed E-state index contributed by atoms with van der Waals surface area (Å²) in [5.74, 6) is 0.244. The highest BCUT2D eigenvalue weighted by Gasteiger charge is 2.22. The predicted molar refractivity (Wildman–Crippen MR) is 108 cm³/mol. The van der Waals surface area contributed by atoms with Crippen molar-refractivity contribution in [2.24, 2.45) is 0 Å².